The van der Waals surface area contributed by atoms with E-state index in [1.54, 1.807) is 7.11 Å². The average molecular weight is 363 g/mol. The van der Waals surface area contributed by atoms with Gasteiger partial charge in [-0.25, -0.2) is 4.79 Å². The molecule has 0 bridgehead atoms. The number of nitrogens with zero attached hydrogens (tertiary/aromatic N) is 1. The lowest BCUT2D eigenvalue weighted by atomic mass is 9.92. The number of carbonyl (C=O) groups excluding carboxylic acids is 1. The van der Waals surface area contributed by atoms with Gasteiger partial charge < -0.3 is 19.7 Å². The van der Waals surface area contributed by atoms with Crippen LogP contribution in [0.4, 0.5) is 4.79 Å². The standard InChI is InChI=1S/C21H34N2O3/c1-6-16-12-18(22-20(24)26-21(2,3)4)15-23(14-16)11-10-17-8-7-9-19(13-17)25-5/h7-9,13,16,18H,6,10-12,14-15H2,1-5H3,(H,22,24). The Morgan fingerprint density at radius 3 is 2.73 bits per heavy atom. The number of alkyl carbamates (subject to hydrolysis) is 1. The molecule has 146 valence electrons. The van der Waals surface area contributed by atoms with Crippen LogP contribution in [0.25, 0.3) is 0 Å². The maximum absolute atomic E-state index is 12.1. The van der Waals surface area contributed by atoms with Crippen LogP contribution < -0.4 is 10.1 Å². The van der Waals surface area contributed by atoms with Crippen LogP contribution >= 0.6 is 0 Å². The molecule has 0 radical (unpaired) electrons. The van der Waals surface area contributed by atoms with Crippen molar-refractivity contribution in [3.63, 3.8) is 0 Å². The molecule has 2 rings (SSSR count). The summed E-state index contributed by atoms with van der Waals surface area (Å²) in [6.45, 7) is 10.8. The molecule has 5 heteroatoms. The van der Waals surface area contributed by atoms with Crippen molar-refractivity contribution in [3.05, 3.63) is 29.8 Å². The zero-order chi connectivity index (χ0) is 19.2. The van der Waals surface area contributed by atoms with Gasteiger partial charge in [0.05, 0.1) is 7.11 Å². The summed E-state index contributed by atoms with van der Waals surface area (Å²) in [6.07, 6.45) is 2.81. The number of methoxy groups -OCH3 is 1. The predicted octanol–water partition coefficient (Wildman–Crippen LogP) is 3.86. The lowest BCUT2D eigenvalue weighted by Crippen LogP contribution is -2.51. The summed E-state index contributed by atoms with van der Waals surface area (Å²) < 4.78 is 10.7. The minimum atomic E-state index is -0.463. The summed E-state index contributed by atoms with van der Waals surface area (Å²) in [6, 6.07) is 8.39. The van der Waals surface area contributed by atoms with Crippen molar-refractivity contribution in [2.45, 2.75) is 58.6 Å². The number of amides is 1. The Morgan fingerprint density at radius 1 is 1.31 bits per heavy atom. The van der Waals surface area contributed by atoms with Gasteiger partial charge in [0.2, 0.25) is 0 Å². The van der Waals surface area contributed by atoms with E-state index in [-0.39, 0.29) is 12.1 Å². The van der Waals surface area contributed by atoms with E-state index >= 15 is 0 Å². The van der Waals surface area contributed by atoms with Crippen molar-refractivity contribution in [2.75, 3.05) is 26.7 Å². The number of carbonyl (C=O) groups is 1. The van der Waals surface area contributed by atoms with Crippen molar-refractivity contribution < 1.29 is 14.3 Å². The molecule has 5 nitrogen and oxygen atoms in total. The number of likely N-dealkylation sites (tertiary alicyclic amines) is 1. The van der Waals surface area contributed by atoms with E-state index in [1.807, 2.05) is 32.9 Å². The summed E-state index contributed by atoms with van der Waals surface area (Å²) in [5, 5.41) is 3.06. The maximum atomic E-state index is 12.1. The Kier molecular flexibility index (Phi) is 7.33. The summed E-state index contributed by atoms with van der Waals surface area (Å²) in [7, 11) is 1.70. The Balaban J connectivity index is 1.90. The molecule has 0 spiro atoms. The Labute approximate surface area is 158 Å². The van der Waals surface area contributed by atoms with Crippen LogP contribution in [0.2, 0.25) is 0 Å². The van der Waals surface area contributed by atoms with Gasteiger partial charge in [-0.15, -0.1) is 0 Å². The van der Waals surface area contributed by atoms with Gasteiger partial charge in [0, 0.05) is 25.7 Å². The molecule has 1 aliphatic heterocycles. The molecule has 0 aliphatic carbocycles. The van der Waals surface area contributed by atoms with Crippen LogP contribution in [0.5, 0.6) is 5.75 Å². The summed E-state index contributed by atoms with van der Waals surface area (Å²) in [4.78, 5) is 14.6. The zero-order valence-electron chi connectivity index (χ0n) is 16.9. The number of hydrogen-bond donors (Lipinski definition) is 1. The van der Waals surface area contributed by atoms with Crippen LogP contribution in [0.15, 0.2) is 24.3 Å². The van der Waals surface area contributed by atoms with Crippen molar-refractivity contribution in [1.29, 1.82) is 0 Å². The Hall–Kier alpha value is -1.75. The molecule has 0 aromatic heterocycles. The molecule has 1 aliphatic rings. The number of piperidine rings is 1. The molecule has 2 atom stereocenters. The summed E-state index contributed by atoms with van der Waals surface area (Å²) >= 11 is 0. The van der Waals surface area contributed by atoms with Crippen molar-refractivity contribution in [1.82, 2.24) is 10.2 Å². The van der Waals surface area contributed by atoms with E-state index in [4.69, 9.17) is 9.47 Å². The van der Waals surface area contributed by atoms with E-state index in [9.17, 15) is 4.79 Å². The summed E-state index contributed by atoms with van der Waals surface area (Å²) in [5.41, 5.74) is 0.814. The number of hydrogen-bond acceptors (Lipinski definition) is 4. The van der Waals surface area contributed by atoms with Crippen molar-refractivity contribution in [2.24, 2.45) is 5.92 Å². The number of benzene rings is 1. The minimum absolute atomic E-state index is 0.147. The molecule has 0 saturated carbocycles. The molecule has 1 heterocycles. The van der Waals surface area contributed by atoms with Crippen LogP contribution in [-0.4, -0.2) is 49.4 Å². The minimum Gasteiger partial charge on any atom is -0.497 e. The fourth-order valence-electron chi connectivity index (χ4n) is 3.48. The summed E-state index contributed by atoms with van der Waals surface area (Å²) in [5.74, 6) is 1.51. The highest BCUT2D eigenvalue weighted by Crippen LogP contribution is 2.21. The quantitative estimate of drug-likeness (QED) is 0.835. The number of nitrogens with one attached hydrogen (secondary N) is 1. The number of rotatable bonds is 6. The van der Waals surface area contributed by atoms with E-state index in [0.717, 1.165) is 44.6 Å². The molecule has 1 fully saturated rings. The van der Waals surface area contributed by atoms with Crippen molar-refractivity contribution in [3.8, 4) is 5.75 Å². The average Bonchev–Trinajstić information content (AvgIpc) is 2.58. The van der Waals surface area contributed by atoms with Gasteiger partial charge in [-0.05, 0) is 57.2 Å². The third kappa shape index (κ3) is 6.87. The Bertz CT molecular complexity index is 583. The molecule has 2 unspecified atom stereocenters. The first kappa shape index (κ1) is 20.6. The van der Waals surface area contributed by atoms with Gasteiger partial charge in [-0.2, -0.15) is 0 Å². The van der Waals surface area contributed by atoms with E-state index < -0.39 is 5.60 Å². The fourth-order valence-corrected chi connectivity index (χ4v) is 3.48. The molecular weight excluding hydrogens is 328 g/mol. The second-order valence-electron chi connectivity index (χ2n) is 8.21. The highest BCUT2D eigenvalue weighted by atomic mass is 16.6. The molecule has 26 heavy (non-hydrogen) atoms. The molecule has 1 amide bonds. The zero-order valence-corrected chi connectivity index (χ0v) is 16.9. The van der Waals surface area contributed by atoms with Gasteiger partial charge in [0.1, 0.15) is 11.4 Å². The highest BCUT2D eigenvalue weighted by Gasteiger charge is 2.28. The van der Waals surface area contributed by atoms with Crippen LogP contribution in [0.3, 0.4) is 0 Å². The Morgan fingerprint density at radius 2 is 2.08 bits per heavy atom. The number of ether oxygens (including phenoxy) is 2. The highest BCUT2D eigenvalue weighted by molar-refractivity contribution is 5.68. The van der Waals surface area contributed by atoms with Gasteiger partial charge in [-0.1, -0.05) is 25.5 Å². The van der Waals surface area contributed by atoms with E-state index in [1.165, 1.54) is 5.56 Å². The lowest BCUT2D eigenvalue weighted by molar-refractivity contribution is 0.0448. The first-order valence-electron chi connectivity index (χ1n) is 9.64. The molecule has 1 saturated heterocycles. The molecular formula is C21H34N2O3. The van der Waals surface area contributed by atoms with Gasteiger partial charge in [0.15, 0.2) is 0 Å². The third-order valence-electron chi connectivity index (χ3n) is 4.76. The van der Waals surface area contributed by atoms with E-state index in [0.29, 0.717) is 5.92 Å². The third-order valence-corrected chi connectivity index (χ3v) is 4.76. The first-order chi connectivity index (χ1) is 12.3. The second kappa shape index (κ2) is 9.26. The molecule has 1 aromatic rings. The molecule has 1 N–H and O–H groups in total. The second-order valence-corrected chi connectivity index (χ2v) is 8.21. The van der Waals surface area contributed by atoms with Crippen LogP contribution in [0, 0.1) is 5.92 Å². The first-order valence-corrected chi connectivity index (χ1v) is 9.64. The maximum Gasteiger partial charge on any atom is 0.407 e. The monoisotopic (exact) mass is 362 g/mol. The SMILES string of the molecule is CCC1CC(NC(=O)OC(C)(C)C)CN(CCc2cccc(OC)c2)C1. The van der Waals surface area contributed by atoms with Gasteiger partial charge >= 0.3 is 6.09 Å². The smallest absolute Gasteiger partial charge is 0.407 e. The van der Waals surface area contributed by atoms with Gasteiger partial charge in [0.25, 0.3) is 0 Å². The normalized spacial score (nSPS) is 21.3. The van der Waals surface area contributed by atoms with Crippen LogP contribution in [0.1, 0.15) is 46.1 Å². The van der Waals surface area contributed by atoms with Crippen molar-refractivity contribution >= 4 is 6.09 Å². The predicted molar refractivity (Wildman–Crippen MR) is 105 cm³/mol. The van der Waals surface area contributed by atoms with E-state index in [2.05, 4.69) is 29.3 Å². The largest absolute Gasteiger partial charge is 0.497 e. The van der Waals surface area contributed by atoms with Gasteiger partial charge in [-0.3, -0.25) is 0 Å². The van der Waals surface area contributed by atoms with Crippen LogP contribution in [-0.2, 0) is 11.2 Å². The lowest BCUT2D eigenvalue weighted by Gasteiger charge is -2.38. The topological polar surface area (TPSA) is 50.8 Å². The molecule has 1 aromatic carbocycles. The fraction of sp³-hybridized carbons (Fsp3) is 0.667.